The van der Waals surface area contributed by atoms with E-state index < -0.39 is 6.16 Å². The van der Waals surface area contributed by atoms with Crippen LogP contribution in [0.5, 0.6) is 11.5 Å². The summed E-state index contributed by atoms with van der Waals surface area (Å²) in [4.78, 5) is 10.0. The molecule has 0 aliphatic carbocycles. The molecule has 6 heteroatoms. The number of phenolic OH excluding ortho intramolecular Hbond substituents is 2. The SMILES string of the molecule is O=C(O)O.Oc1ccccc1Sc1ccccc1O. The molecule has 19 heavy (non-hydrogen) atoms. The van der Waals surface area contributed by atoms with Gasteiger partial charge in [-0.3, -0.25) is 0 Å². The van der Waals surface area contributed by atoms with E-state index in [2.05, 4.69) is 0 Å². The van der Waals surface area contributed by atoms with E-state index in [1.54, 1.807) is 24.3 Å². The predicted octanol–water partition coefficient (Wildman–Crippen LogP) is 3.47. The van der Waals surface area contributed by atoms with Crippen molar-refractivity contribution in [3.63, 3.8) is 0 Å². The van der Waals surface area contributed by atoms with E-state index in [4.69, 9.17) is 15.0 Å². The summed E-state index contributed by atoms with van der Waals surface area (Å²) in [5.41, 5.74) is 0. The van der Waals surface area contributed by atoms with Gasteiger partial charge in [0.1, 0.15) is 11.5 Å². The van der Waals surface area contributed by atoms with Crippen LogP contribution in [0.4, 0.5) is 4.79 Å². The van der Waals surface area contributed by atoms with E-state index in [1.165, 1.54) is 11.8 Å². The van der Waals surface area contributed by atoms with Gasteiger partial charge in [0.15, 0.2) is 0 Å². The van der Waals surface area contributed by atoms with Crippen molar-refractivity contribution in [2.45, 2.75) is 9.79 Å². The van der Waals surface area contributed by atoms with Gasteiger partial charge in [-0.05, 0) is 24.3 Å². The Kier molecular flexibility index (Phi) is 5.56. The molecule has 0 saturated carbocycles. The average Bonchev–Trinajstić information content (AvgIpc) is 2.34. The molecule has 0 heterocycles. The smallest absolute Gasteiger partial charge is 0.503 e. The highest BCUT2D eigenvalue weighted by atomic mass is 32.2. The number of rotatable bonds is 2. The lowest BCUT2D eigenvalue weighted by Crippen LogP contribution is -1.81. The van der Waals surface area contributed by atoms with Crippen LogP contribution in [0.1, 0.15) is 0 Å². The Morgan fingerprint density at radius 3 is 1.42 bits per heavy atom. The molecule has 4 N–H and O–H groups in total. The first-order chi connectivity index (χ1) is 9.00. The van der Waals surface area contributed by atoms with Crippen LogP contribution in [0.3, 0.4) is 0 Å². The topological polar surface area (TPSA) is 98.0 Å². The fourth-order valence-corrected chi connectivity index (χ4v) is 2.08. The summed E-state index contributed by atoms with van der Waals surface area (Å²) in [6.45, 7) is 0. The average molecular weight is 280 g/mol. The Morgan fingerprint density at radius 2 is 1.11 bits per heavy atom. The van der Waals surface area contributed by atoms with Crippen molar-refractivity contribution in [2.24, 2.45) is 0 Å². The maximum absolute atomic E-state index is 9.56. The number of hydrogen-bond donors (Lipinski definition) is 4. The fourth-order valence-electron chi connectivity index (χ4n) is 1.21. The van der Waals surface area contributed by atoms with Crippen LogP contribution in [0.15, 0.2) is 58.3 Å². The summed E-state index contributed by atoms with van der Waals surface area (Å²) in [6.07, 6.45) is -1.83. The third kappa shape index (κ3) is 5.22. The minimum atomic E-state index is -1.83. The first kappa shape index (κ1) is 14.7. The van der Waals surface area contributed by atoms with Gasteiger partial charge in [-0.1, -0.05) is 36.0 Å². The summed E-state index contributed by atoms with van der Waals surface area (Å²) in [7, 11) is 0. The van der Waals surface area contributed by atoms with E-state index in [9.17, 15) is 10.2 Å². The summed E-state index contributed by atoms with van der Waals surface area (Å²) >= 11 is 1.34. The van der Waals surface area contributed by atoms with Gasteiger partial charge in [-0.15, -0.1) is 0 Å². The number of hydrogen-bond acceptors (Lipinski definition) is 4. The predicted molar refractivity (Wildman–Crippen MR) is 71.0 cm³/mol. The minimum absolute atomic E-state index is 0.228. The molecule has 0 saturated heterocycles. The standard InChI is InChI=1S/C12H10O2S.CH2O3/c13-9-5-1-3-7-11(9)15-12-8-4-2-6-10(12)14;2-1(3)4/h1-8,13-14H;(H2,2,3,4). The molecule has 5 nitrogen and oxygen atoms in total. The minimum Gasteiger partial charge on any atom is -0.507 e. The molecule has 0 atom stereocenters. The van der Waals surface area contributed by atoms with Crippen LogP contribution in [-0.4, -0.2) is 26.6 Å². The van der Waals surface area contributed by atoms with Gasteiger partial charge < -0.3 is 20.4 Å². The molecule has 0 aliphatic heterocycles. The highest BCUT2D eigenvalue weighted by molar-refractivity contribution is 7.99. The number of carboxylic acid groups (broad SMARTS) is 2. The first-order valence-electron chi connectivity index (χ1n) is 5.16. The van der Waals surface area contributed by atoms with Crippen molar-refractivity contribution in [1.29, 1.82) is 0 Å². The first-order valence-corrected chi connectivity index (χ1v) is 5.98. The summed E-state index contributed by atoms with van der Waals surface area (Å²) in [6, 6.07) is 14.1. The number of benzene rings is 2. The second-order valence-electron chi connectivity index (χ2n) is 3.32. The van der Waals surface area contributed by atoms with Crippen molar-refractivity contribution in [3.05, 3.63) is 48.5 Å². The highest BCUT2D eigenvalue weighted by Crippen LogP contribution is 2.37. The molecule has 0 amide bonds. The second kappa shape index (κ2) is 7.17. The number of phenols is 2. The molecular formula is C13H12O5S. The highest BCUT2D eigenvalue weighted by Gasteiger charge is 2.05. The Labute approximate surface area is 113 Å². The van der Waals surface area contributed by atoms with Gasteiger partial charge in [0.25, 0.3) is 0 Å². The maximum Gasteiger partial charge on any atom is 0.503 e. The van der Waals surface area contributed by atoms with Crippen LogP contribution >= 0.6 is 11.8 Å². The van der Waals surface area contributed by atoms with Crippen LogP contribution in [0.25, 0.3) is 0 Å². The zero-order valence-electron chi connectivity index (χ0n) is 9.72. The maximum atomic E-state index is 9.56. The van der Waals surface area contributed by atoms with Crippen LogP contribution in [0.2, 0.25) is 0 Å². The van der Waals surface area contributed by atoms with E-state index in [0.29, 0.717) is 0 Å². The largest absolute Gasteiger partial charge is 0.507 e. The zero-order chi connectivity index (χ0) is 14.3. The molecule has 0 spiro atoms. The van der Waals surface area contributed by atoms with E-state index in [1.807, 2.05) is 24.3 Å². The Bertz CT molecular complexity index is 509. The quantitative estimate of drug-likeness (QED) is 0.672. The Morgan fingerprint density at radius 1 is 0.789 bits per heavy atom. The Balaban J connectivity index is 0.000000399. The van der Waals surface area contributed by atoms with E-state index in [-0.39, 0.29) is 11.5 Å². The van der Waals surface area contributed by atoms with Crippen molar-refractivity contribution < 1.29 is 25.2 Å². The van der Waals surface area contributed by atoms with Gasteiger partial charge in [0, 0.05) is 0 Å². The normalized spacial score (nSPS) is 9.26. The number of aromatic hydroxyl groups is 2. The van der Waals surface area contributed by atoms with Gasteiger partial charge in [-0.2, -0.15) is 0 Å². The molecule has 0 aliphatic rings. The summed E-state index contributed by atoms with van der Waals surface area (Å²) in [5.74, 6) is 0.455. The lowest BCUT2D eigenvalue weighted by Gasteiger charge is -2.05. The molecule has 0 radical (unpaired) electrons. The van der Waals surface area contributed by atoms with Crippen LogP contribution in [-0.2, 0) is 0 Å². The molecule has 0 unspecified atom stereocenters. The lowest BCUT2D eigenvalue weighted by atomic mass is 10.3. The van der Waals surface area contributed by atoms with E-state index in [0.717, 1.165) is 9.79 Å². The van der Waals surface area contributed by atoms with Crippen molar-refractivity contribution in [2.75, 3.05) is 0 Å². The zero-order valence-corrected chi connectivity index (χ0v) is 10.5. The molecule has 2 aromatic rings. The monoisotopic (exact) mass is 280 g/mol. The second-order valence-corrected chi connectivity index (χ2v) is 4.40. The van der Waals surface area contributed by atoms with Crippen LogP contribution in [0, 0.1) is 0 Å². The van der Waals surface area contributed by atoms with Gasteiger partial charge in [-0.25, -0.2) is 4.79 Å². The van der Waals surface area contributed by atoms with Gasteiger partial charge >= 0.3 is 6.16 Å². The van der Waals surface area contributed by atoms with Crippen molar-refractivity contribution >= 4 is 17.9 Å². The molecule has 2 rings (SSSR count). The Hall–Kier alpha value is -2.34. The number of para-hydroxylation sites is 2. The van der Waals surface area contributed by atoms with Gasteiger partial charge in [0.2, 0.25) is 0 Å². The molecule has 0 bridgehead atoms. The molecule has 0 fully saturated rings. The molecule has 100 valence electrons. The van der Waals surface area contributed by atoms with Crippen molar-refractivity contribution in [1.82, 2.24) is 0 Å². The fraction of sp³-hybridized carbons (Fsp3) is 0. The van der Waals surface area contributed by atoms with Crippen molar-refractivity contribution in [3.8, 4) is 11.5 Å². The summed E-state index contributed by atoms with van der Waals surface area (Å²) in [5, 5.41) is 33.1. The van der Waals surface area contributed by atoms with Gasteiger partial charge in [0.05, 0.1) is 9.79 Å². The molecule has 0 aromatic heterocycles. The third-order valence-corrected chi connectivity index (χ3v) is 3.08. The molecule has 2 aromatic carbocycles. The number of carbonyl (C=O) groups is 1. The van der Waals surface area contributed by atoms with Crippen LogP contribution < -0.4 is 0 Å². The lowest BCUT2D eigenvalue weighted by molar-refractivity contribution is 0.137. The third-order valence-electron chi connectivity index (χ3n) is 1.95. The van der Waals surface area contributed by atoms with E-state index >= 15 is 0 Å². The summed E-state index contributed by atoms with van der Waals surface area (Å²) < 4.78 is 0. The molecular weight excluding hydrogens is 268 g/mol.